The Morgan fingerprint density at radius 1 is 1.03 bits per heavy atom. The van der Waals surface area contributed by atoms with Crippen molar-refractivity contribution in [3.05, 3.63) is 89.4 Å². The van der Waals surface area contributed by atoms with Gasteiger partial charge < -0.3 is 4.98 Å². The molecule has 0 spiro atoms. The largest absolute Gasteiger partial charge is 0.360 e. The molecule has 2 aromatic carbocycles. The highest BCUT2D eigenvalue weighted by molar-refractivity contribution is 7.92. The molecule has 5 rings (SSSR count). The van der Waals surface area contributed by atoms with Gasteiger partial charge in [-0.05, 0) is 78.3 Å². The summed E-state index contributed by atoms with van der Waals surface area (Å²) in [6.45, 7) is 4.94. The zero-order valence-corrected chi connectivity index (χ0v) is 20.9. The van der Waals surface area contributed by atoms with E-state index in [9.17, 15) is 8.42 Å². The van der Waals surface area contributed by atoms with Gasteiger partial charge in [-0.2, -0.15) is 0 Å². The van der Waals surface area contributed by atoms with E-state index in [1.165, 1.54) is 27.6 Å². The van der Waals surface area contributed by atoms with Gasteiger partial charge in [0.2, 0.25) is 0 Å². The van der Waals surface area contributed by atoms with Gasteiger partial charge >= 0.3 is 0 Å². The van der Waals surface area contributed by atoms with Gasteiger partial charge in [0.15, 0.2) is 0 Å². The number of anilines is 1. The van der Waals surface area contributed by atoms with E-state index >= 15 is 0 Å². The van der Waals surface area contributed by atoms with Crippen molar-refractivity contribution in [2.45, 2.75) is 50.5 Å². The fraction of sp³-hybridized carbons (Fsp3) is 0.321. The zero-order valence-electron chi connectivity index (χ0n) is 20.1. The third kappa shape index (κ3) is 5.41. The van der Waals surface area contributed by atoms with Crippen molar-refractivity contribution in [1.29, 1.82) is 0 Å². The minimum atomic E-state index is -3.62. The highest BCUT2D eigenvalue weighted by atomic mass is 32.2. The average molecular weight is 489 g/mol. The molecule has 4 aromatic rings. The molecule has 2 N–H and O–H groups in total. The molecule has 7 heteroatoms. The monoisotopic (exact) mass is 488 g/mol. The predicted octanol–water partition coefficient (Wildman–Crippen LogP) is 5.31. The number of aromatic nitrogens is 2. The number of H-pyrrole nitrogens is 1. The summed E-state index contributed by atoms with van der Waals surface area (Å²) < 4.78 is 28.7. The molecule has 0 unspecified atom stereocenters. The number of sulfonamides is 1. The van der Waals surface area contributed by atoms with Gasteiger partial charge in [-0.25, -0.2) is 8.42 Å². The van der Waals surface area contributed by atoms with Gasteiger partial charge in [0.1, 0.15) is 0 Å². The molecular formula is C28H32N4O2S. The fourth-order valence-corrected chi connectivity index (χ4v) is 5.88. The van der Waals surface area contributed by atoms with Crippen molar-refractivity contribution in [1.82, 2.24) is 14.9 Å². The number of fused-ring (bicyclic) bond motifs is 2. The van der Waals surface area contributed by atoms with E-state index in [1.807, 2.05) is 36.7 Å². The lowest BCUT2D eigenvalue weighted by molar-refractivity contribution is 0.280. The van der Waals surface area contributed by atoms with Crippen LogP contribution in [0.1, 0.15) is 42.0 Å². The summed E-state index contributed by atoms with van der Waals surface area (Å²) >= 11 is 0. The van der Waals surface area contributed by atoms with Gasteiger partial charge in [-0.15, -0.1) is 0 Å². The van der Waals surface area contributed by atoms with E-state index in [4.69, 9.17) is 0 Å². The summed E-state index contributed by atoms with van der Waals surface area (Å²) in [5, 5.41) is 1.22. The first kappa shape index (κ1) is 23.6. The lowest BCUT2D eigenvalue weighted by Crippen LogP contribution is -2.25. The van der Waals surface area contributed by atoms with Crippen molar-refractivity contribution in [3.63, 3.8) is 0 Å². The molecule has 0 atom stereocenters. The van der Waals surface area contributed by atoms with Crippen LogP contribution in [-0.4, -0.2) is 36.4 Å². The van der Waals surface area contributed by atoms with Crippen LogP contribution in [-0.2, 0) is 35.8 Å². The quantitative estimate of drug-likeness (QED) is 0.352. The smallest absolute Gasteiger partial charge is 0.261 e. The molecule has 0 aliphatic carbocycles. The van der Waals surface area contributed by atoms with Gasteiger partial charge in [0, 0.05) is 43.1 Å². The minimum absolute atomic E-state index is 0.299. The molecule has 0 fully saturated rings. The van der Waals surface area contributed by atoms with E-state index < -0.39 is 10.0 Å². The standard InChI is InChI=1S/C28H32N4O2S/c1-2-3-4-21-5-9-26(10-6-21)35(33,34)31-25-8-7-22-12-15-32(16-13-23(22)17-25)20-24-18-30-28-19-29-14-11-27(24)28/h5-11,14,17-19,30-31H,2-4,12-13,15-16,20H2,1H3. The highest BCUT2D eigenvalue weighted by Crippen LogP contribution is 2.25. The molecule has 0 bridgehead atoms. The van der Waals surface area contributed by atoms with Crippen LogP contribution >= 0.6 is 0 Å². The second-order valence-corrected chi connectivity index (χ2v) is 11.0. The van der Waals surface area contributed by atoms with E-state index in [-0.39, 0.29) is 0 Å². The van der Waals surface area contributed by atoms with Crippen molar-refractivity contribution < 1.29 is 8.42 Å². The molecule has 0 saturated heterocycles. The van der Waals surface area contributed by atoms with Gasteiger partial charge in [-0.3, -0.25) is 14.6 Å². The number of hydrogen-bond donors (Lipinski definition) is 2. The highest BCUT2D eigenvalue weighted by Gasteiger charge is 2.18. The van der Waals surface area contributed by atoms with Crippen LogP contribution in [0.5, 0.6) is 0 Å². The van der Waals surface area contributed by atoms with Gasteiger partial charge in [0.25, 0.3) is 10.0 Å². The van der Waals surface area contributed by atoms with Crippen molar-refractivity contribution in [3.8, 4) is 0 Å². The van der Waals surface area contributed by atoms with Crippen LogP contribution in [0.15, 0.2) is 72.0 Å². The maximum Gasteiger partial charge on any atom is 0.261 e. The van der Waals surface area contributed by atoms with E-state index in [1.54, 1.807) is 12.1 Å². The Kier molecular flexibility index (Phi) is 6.88. The first-order valence-corrected chi connectivity index (χ1v) is 13.9. The molecular weight excluding hydrogens is 456 g/mol. The molecule has 2 aromatic heterocycles. The number of unbranched alkanes of at least 4 members (excludes halogenated alkanes) is 1. The lowest BCUT2D eigenvalue weighted by Gasteiger charge is -2.19. The third-order valence-electron chi connectivity index (χ3n) is 6.87. The minimum Gasteiger partial charge on any atom is -0.360 e. The molecule has 1 aliphatic heterocycles. The number of nitrogens with one attached hydrogen (secondary N) is 2. The Morgan fingerprint density at radius 3 is 2.63 bits per heavy atom. The van der Waals surface area contributed by atoms with E-state index in [2.05, 4.69) is 44.8 Å². The molecule has 0 amide bonds. The zero-order chi connectivity index (χ0) is 24.3. The Bertz CT molecular complexity index is 1410. The first-order valence-electron chi connectivity index (χ1n) is 12.4. The second kappa shape index (κ2) is 10.2. The number of aromatic amines is 1. The Hall–Kier alpha value is -3.16. The predicted molar refractivity (Wildman–Crippen MR) is 141 cm³/mol. The fourth-order valence-electron chi connectivity index (χ4n) is 4.83. The van der Waals surface area contributed by atoms with E-state index in [0.717, 1.165) is 57.3 Å². The lowest BCUT2D eigenvalue weighted by atomic mass is 10.0. The summed E-state index contributed by atoms with van der Waals surface area (Å²) in [7, 11) is -3.62. The number of aryl methyl sites for hydroxylation is 1. The number of hydrogen-bond acceptors (Lipinski definition) is 4. The Morgan fingerprint density at radius 2 is 1.83 bits per heavy atom. The summed E-state index contributed by atoms with van der Waals surface area (Å²) in [6.07, 6.45) is 10.8. The topological polar surface area (TPSA) is 78.1 Å². The van der Waals surface area contributed by atoms with Gasteiger partial charge in [0.05, 0.1) is 16.6 Å². The number of pyridine rings is 1. The molecule has 0 saturated carbocycles. The van der Waals surface area contributed by atoms with Crippen LogP contribution in [0.25, 0.3) is 10.9 Å². The van der Waals surface area contributed by atoms with E-state index in [0.29, 0.717) is 10.6 Å². The molecule has 6 nitrogen and oxygen atoms in total. The van der Waals surface area contributed by atoms with Crippen LogP contribution < -0.4 is 4.72 Å². The van der Waals surface area contributed by atoms with Crippen molar-refractivity contribution in [2.75, 3.05) is 17.8 Å². The number of rotatable bonds is 8. The molecule has 182 valence electrons. The number of nitrogens with zero attached hydrogens (tertiary/aromatic N) is 2. The summed E-state index contributed by atoms with van der Waals surface area (Å²) in [5.74, 6) is 0. The normalized spacial score (nSPS) is 14.5. The summed E-state index contributed by atoms with van der Waals surface area (Å²) in [6, 6.07) is 15.3. The molecule has 0 radical (unpaired) electrons. The van der Waals surface area contributed by atoms with Crippen LogP contribution in [0.4, 0.5) is 5.69 Å². The SMILES string of the molecule is CCCCc1ccc(S(=O)(=O)Nc2ccc3c(c2)CCN(Cc2c[nH]c4cnccc24)CC3)cc1. The molecule has 3 heterocycles. The van der Waals surface area contributed by atoms with Crippen LogP contribution in [0.3, 0.4) is 0 Å². The summed E-state index contributed by atoms with van der Waals surface area (Å²) in [5.41, 5.74) is 6.64. The van der Waals surface area contributed by atoms with Crippen LogP contribution in [0, 0.1) is 0 Å². The molecule has 1 aliphatic rings. The van der Waals surface area contributed by atoms with Crippen molar-refractivity contribution in [2.24, 2.45) is 0 Å². The second-order valence-electron chi connectivity index (χ2n) is 9.35. The Balaban J connectivity index is 1.25. The van der Waals surface area contributed by atoms with Crippen molar-refractivity contribution >= 4 is 26.6 Å². The molecule has 35 heavy (non-hydrogen) atoms. The summed E-state index contributed by atoms with van der Waals surface area (Å²) in [4.78, 5) is 10.3. The average Bonchev–Trinajstić information content (AvgIpc) is 3.16. The Labute approximate surface area is 207 Å². The van der Waals surface area contributed by atoms with Gasteiger partial charge in [-0.1, -0.05) is 31.5 Å². The third-order valence-corrected chi connectivity index (χ3v) is 8.27. The van der Waals surface area contributed by atoms with Crippen LogP contribution in [0.2, 0.25) is 0 Å². The maximum absolute atomic E-state index is 13.0. The number of benzene rings is 2. The maximum atomic E-state index is 13.0. The first-order chi connectivity index (χ1) is 17.0.